The lowest BCUT2D eigenvalue weighted by Crippen LogP contribution is -2.37. The highest BCUT2D eigenvalue weighted by molar-refractivity contribution is 5.95. The molecule has 0 atom stereocenters. The molecule has 1 aromatic rings. The summed E-state index contributed by atoms with van der Waals surface area (Å²) in [7, 11) is 0. The maximum absolute atomic E-state index is 11.8. The number of hydrogen-bond acceptors (Lipinski definition) is 5. The summed E-state index contributed by atoms with van der Waals surface area (Å²) in [5.74, 6) is -1.06. The van der Waals surface area contributed by atoms with Crippen molar-refractivity contribution in [1.82, 2.24) is 0 Å². The van der Waals surface area contributed by atoms with Crippen molar-refractivity contribution < 1.29 is 14.3 Å². The summed E-state index contributed by atoms with van der Waals surface area (Å²) in [4.78, 5) is 23.3. The molecule has 0 aromatic heterocycles. The lowest BCUT2D eigenvalue weighted by Gasteiger charge is -2.22. The highest BCUT2D eigenvalue weighted by atomic mass is 16.6. The zero-order valence-corrected chi connectivity index (χ0v) is 10.3. The van der Waals surface area contributed by atoms with E-state index in [1.165, 1.54) is 26.0 Å². The van der Waals surface area contributed by atoms with E-state index in [-0.39, 0.29) is 6.42 Å². The molecule has 0 heterocycles. The number of esters is 1. The Labute approximate surface area is 105 Å². The van der Waals surface area contributed by atoms with E-state index < -0.39 is 17.4 Å². The quantitative estimate of drug-likeness (QED) is 0.644. The number of nitrogen functional groups attached to an aromatic ring is 1. The summed E-state index contributed by atoms with van der Waals surface area (Å²) in [5.41, 5.74) is 5.03. The molecule has 1 rings (SSSR count). The third kappa shape index (κ3) is 3.32. The fraction of sp³-hybridized carbons (Fsp3) is 0.308. The summed E-state index contributed by atoms with van der Waals surface area (Å²) >= 11 is 0. The molecule has 0 aliphatic heterocycles. The first-order chi connectivity index (χ1) is 8.36. The smallest absolute Gasteiger partial charge is 0.339 e. The second-order valence-corrected chi connectivity index (χ2v) is 4.28. The highest BCUT2D eigenvalue weighted by Crippen LogP contribution is 2.16. The minimum atomic E-state index is -1.31. The monoisotopic (exact) mass is 246 g/mol. The van der Waals surface area contributed by atoms with Crippen molar-refractivity contribution in [1.29, 1.82) is 5.26 Å². The minimum absolute atomic E-state index is 0.290. The number of ether oxygens (including phenoxy) is 1. The van der Waals surface area contributed by atoms with Gasteiger partial charge >= 0.3 is 5.97 Å². The number of carbonyl (C=O) groups excluding carboxylic acids is 2. The molecule has 0 aliphatic carbocycles. The number of hydrogen-bond donors (Lipinski definition) is 1. The molecule has 94 valence electrons. The van der Waals surface area contributed by atoms with Gasteiger partial charge in [-0.1, -0.05) is 0 Å². The number of nitrogens with two attached hydrogens (primary N) is 1. The van der Waals surface area contributed by atoms with Gasteiger partial charge in [0.1, 0.15) is 0 Å². The van der Waals surface area contributed by atoms with Crippen LogP contribution in [-0.4, -0.2) is 17.4 Å². The van der Waals surface area contributed by atoms with Gasteiger partial charge < -0.3 is 10.5 Å². The summed E-state index contributed by atoms with van der Waals surface area (Å²) in [6.07, 6.45) is -0.290. The van der Waals surface area contributed by atoms with Crippen molar-refractivity contribution in [3.8, 4) is 6.07 Å². The number of benzene rings is 1. The van der Waals surface area contributed by atoms with Gasteiger partial charge in [-0.2, -0.15) is 5.26 Å². The van der Waals surface area contributed by atoms with E-state index in [2.05, 4.69) is 0 Å². The maximum Gasteiger partial charge on any atom is 0.339 e. The topological polar surface area (TPSA) is 93.2 Å². The van der Waals surface area contributed by atoms with Gasteiger partial charge in [0.2, 0.25) is 0 Å². The Kier molecular flexibility index (Phi) is 4.05. The van der Waals surface area contributed by atoms with Gasteiger partial charge in [-0.15, -0.1) is 0 Å². The second kappa shape index (κ2) is 5.32. The summed E-state index contributed by atoms with van der Waals surface area (Å²) in [6.45, 7) is 2.92. The predicted octanol–water partition coefficient (Wildman–Crippen LogP) is 1.69. The van der Waals surface area contributed by atoms with Crippen LogP contribution in [0.2, 0.25) is 0 Å². The van der Waals surface area contributed by atoms with Crippen LogP contribution in [0.5, 0.6) is 0 Å². The Morgan fingerprint density at radius 1 is 1.33 bits per heavy atom. The average molecular weight is 246 g/mol. The zero-order valence-electron chi connectivity index (χ0n) is 10.3. The Morgan fingerprint density at radius 2 is 1.89 bits per heavy atom. The van der Waals surface area contributed by atoms with E-state index in [0.29, 0.717) is 11.3 Å². The van der Waals surface area contributed by atoms with Crippen LogP contribution >= 0.6 is 0 Å². The normalized spacial score (nSPS) is 10.5. The number of nitrogens with zero attached hydrogens (tertiary/aromatic N) is 1. The molecule has 0 spiro atoms. The van der Waals surface area contributed by atoms with Gasteiger partial charge in [0.05, 0.1) is 18.1 Å². The molecule has 0 amide bonds. The van der Waals surface area contributed by atoms with Crippen LogP contribution in [0.4, 0.5) is 5.69 Å². The number of anilines is 1. The SMILES string of the molecule is CC(C)(OC(=O)c1ccc(N)cc1)C(=O)CC#N. The van der Waals surface area contributed by atoms with Gasteiger partial charge in [0.25, 0.3) is 0 Å². The Bertz CT molecular complexity index is 498. The average Bonchev–Trinajstić information content (AvgIpc) is 2.29. The Hall–Kier alpha value is -2.35. The maximum atomic E-state index is 11.8. The van der Waals surface area contributed by atoms with Gasteiger partial charge in [-0.3, -0.25) is 4.79 Å². The van der Waals surface area contributed by atoms with E-state index in [1.807, 2.05) is 0 Å². The van der Waals surface area contributed by atoms with Crippen LogP contribution in [0.3, 0.4) is 0 Å². The number of Topliss-reactive ketones (excluding diaryl/α,β-unsaturated/α-hetero) is 1. The first kappa shape index (κ1) is 13.7. The molecule has 0 saturated carbocycles. The van der Waals surface area contributed by atoms with Crippen molar-refractivity contribution in [3.63, 3.8) is 0 Å². The summed E-state index contributed by atoms with van der Waals surface area (Å²) in [6, 6.07) is 7.91. The predicted molar refractivity (Wildman–Crippen MR) is 65.6 cm³/mol. The Balaban J connectivity index is 2.79. The third-order valence-electron chi connectivity index (χ3n) is 2.41. The second-order valence-electron chi connectivity index (χ2n) is 4.28. The minimum Gasteiger partial charge on any atom is -0.448 e. The molecule has 0 saturated heterocycles. The van der Waals surface area contributed by atoms with Crippen molar-refractivity contribution in [2.24, 2.45) is 0 Å². The zero-order chi connectivity index (χ0) is 13.8. The van der Waals surface area contributed by atoms with Gasteiger partial charge in [0.15, 0.2) is 11.4 Å². The van der Waals surface area contributed by atoms with Crippen LogP contribution in [0.25, 0.3) is 0 Å². The molecule has 0 aliphatic rings. The van der Waals surface area contributed by atoms with E-state index in [0.717, 1.165) is 0 Å². The summed E-state index contributed by atoms with van der Waals surface area (Å²) in [5, 5.41) is 8.46. The van der Waals surface area contributed by atoms with E-state index >= 15 is 0 Å². The van der Waals surface area contributed by atoms with Crippen LogP contribution in [0, 0.1) is 11.3 Å². The van der Waals surface area contributed by atoms with E-state index in [4.69, 9.17) is 15.7 Å². The molecule has 0 unspecified atom stereocenters. The molecule has 0 bridgehead atoms. The highest BCUT2D eigenvalue weighted by Gasteiger charge is 2.31. The lowest BCUT2D eigenvalue weighted by atomic mass is 10.0. The molecule has 2 N–H and O–H groups in total. The summed E-state index contributed by atoms with van der Waals surface area (Å²) < 4.78 is 5.10. The standard InChI is InChI=1S/C13H14N2O3/c1-13(2,11(16)7-8-14)18-12(17)9-3-5-10(15)6-4-9/h3-6H,7,15H2,1-2H3. The number of rotatable bonds is 4. The molecule has 0 radical (unpaired) electrons. The first-order valence-electron chi connectivity index (χ1n) is 5.36. The van der Waals surface area contributed by atoms with E-state index in [9.17, 15) is 9.59 Å². The first-order valence-corrected chi connectivity index (χ1v) is 5.36. The van der Waals surface area contributed by atoms with Crippen molar-refractivity contribution in [3.05, 3.63) is 29.8 Å². The lowest BCUT2D eigenvalue weighted by molar-refractivity contribution is -0.134. The van der Waals surface area contributed by atoms with Gasteiger partial charge in [0, 0.05) is 5.69 Å². The third-order valence-corrected chi connectivity index (χ3v) is 2.41. The molecule has 1 aromatic carbocycles. The fourth-order valence-electron chi connectivity index (χ4n) is 1.25. The molecular weight excluding hydrogens is 232 g/mol. The van der Waals surface area contributed by atoms with E-state index in [1.54, 1.807) is 18.2 Å². The van der Waals surface area contributed by atoms with Crippen LogP contribution in [-0.2, 0) is 9.53 Å². The van der Waals surface area contributed by atoms with Gasteiger partial charge in [-0.25, -0.2) is 4.79 Å². The fourth-order valence-corrected chi connectivity index (χ4v) is 1.25. The van der Waals surface area contributed by atoms with Gasteiger partial charge in [-0.05, 0) is 38.1 Å². The number of nitriles is 1. The molecule has 18 heavy (non-hydrogen) atoms. The number of ketones is 1. The van der Waals surface area contributed by atoms with Crippen LogP contribution in [0.1, 0.15) is 30.6 Å². The molecule has 0 fully saturated rings. The molecular formula is C13H14N2O3. The van der Waals surface area contributed by atoms with Crippen LogP contribution < -0.4 is 5.73 Å². The van der Waals surface area contributed by atoms with Crippen molar-refractivity contribution in [2.75, 3.05) is 5.73 Å². The van der Waals surface area contributed by atoms with Crippen molar-refractivity contribution >= 4 is 17.4 Å². The van der Waals surface area contributed by atoms with Crippen LogP contribution in [0.15, 0.2) is 24.3 Å². The number of carbonyl (C=O) groups is 2. The molecule has 5 nitrogen and oxygen atoms in total. The largest absolute Gasteiger partial charge is 0.448 e. The Morgan fingerprint density at radius 3 is 2.39 bits per heavy atom. The molecule has 5 heteroatoms. The van der Waals surface area contributed by atoms with Crippen molar-refractivity contribution in [2.45, 2.75) is 25.9 Å².